The van der Waals surface area contributed by atoms with Gasteiger partial charge in [-0.3, -0.25) is 0 Å². The highest BCUT2D eigenvalue weighted by Crippen LogP contribution is 2.11. The number of rotatable bonds is 3. The van der Waals surface area contributed by atoms with Crippen molar-refractivity contribution in [1.29, 1.82) is 0 Å². The van der Waals surface area contributed by atoms with Gasteiger partial charge >= 0.3 is 0 Å². The van der Waals surface area contributed by atoms with Gasteiger partial charge in [-0.15, -0.1) is 6.42 Å². The summed E-state index contributed by atoms with van der Waals surface area (Å²) in [5.41, 5.74) is 0.884. The Morgan fingerprint density at radius 3 is 3.12 bits per heavy atom. The van der Waals surface area contributed by atoms with Gasteiger partial charge in [0.05, 0.1) is 6.04 Å². The van der Waals surface area contributed by atoms with Crippen LogP contribution in [-0.4, -0.2) is 25.6 Å². The average molecular weight is 215 g/mol. The van der Waals surface area contributed by atoms with Crippen molar-refractivity contribution in [3.63, 3.8) is 0 Å². The molecule has 0 amide bonds. The van der Waals surface area contributed by atoms with Crippen LogP contribution in [0.15, 0.2) is 12.4 Å². The quantitative estimate of drug-likeness (QED) is 0.783. The van der Waals surface area contributed by atoms with E-state index in [0.717, 1.165) is 17.9 Å². The molecule has 5 heteroatoms. The lowest BCUT2D eigenvalue weighted by Crippen LogP contribution is -2.18. The molecule has 2 heterocycles. The summed E-state index contributed by atoms with van der Waals surface area (Å²) in [6.45, 7) is 3.95. The van der Waals surface area contributed by atoms with E-state index in [1.165, 1.54) is 6.33 Å². The number of terminal acetylenes is 1. The molecule has 82 valence electrons. The summed E-state index contributed by atoms with van der Waals surface area (Å²) in [4.78, 5) is 8.30. The van der Waals surface area contributed by atoms with E-state index < -0.39 is 0 Å². The Hall–Kier alpha value is -2.09. The molecule has 16 heavy (non-hydrogen) atoms. The van der Waals surface area contributed by atoms with Gasteiger partial charge in [0.15, 0.2) is 0 Å². The fourth-order valence-corrected chi connectivity index (χ4v) is 1.47. The SMILES string of the molecule is C#CC(CC)Nc1cc(C)nc2ncnn12. The normalized spacial score (nSPS) is 12.3. The van der Waals surface area contributed by atoms with Gasteiger partial charge in [-0.25, -0.2) is 4.98 Å². The highest BCUT2D eigenvalue weighted by Gasteiger charge is 2.08. The van der Waals surface area contributed by atoms with E-state index in [2.05, 4.69) is 26.3 Å². The van der Waals surface area contributed by atoms with Crippen LogP contribution in [0.2, 0.25) is 0 Å². The van der Waals surface area contributed by atoms with E-state index in [4.69, 9.17) is 6.42 Å². The van der Waals surface area contributed by atoms with Crippen molar-refractivity contribution in [3.05, 3.63) is 18.1 Å². The number of aryl methyl sites for hydroxylation is 1. The molecule has 0 aromatic carbocycles. The minimum absolute atomic E-state index is 0.00537. The lowest BCUT2D eigenvalue weighted by molar-refractivity contribution is 0.826. The number of anilines is 1. The molecule has 0 saturated heterocycles. The molecular weight excluding hydrogens is 202 g/mol. The second-order valence-electron chi connectivity index (χ2n) is 3.53. The molecule has 0 fully saturated rings. The number of hydrogen-bond acceptors (Lipinski definition) is 4. The number of nitrogens with one attached hydrogen (secondary N) is 1. The first kappa shape index (κ1) is 10.4. The first-order valence-electron chi connectivity index (χ1n) is 5.14. The Morgan fingerprint density at radius 1 is 1.62 bits per heavy atom. The van der Waals surface area contributed by atoms with E-state index in [1.54, 1.807) is 4.52 Å². The monoisotopic (exact) mass is 215 g/mol. The molecular formula is C11H13N5. The van der Waals surface area contributed by atoms with Gasteiger partial charge in [-0.2, -0.15) is 14.6 Å². The zero-order chi connectivity index (χ0) is 11.5. The van der Waals surface area contributed by atoms with E-state index in [1.807, 2.05) is 19.9 Å². The maximum atomic E-state index is 5.42. The first-order valence-corrected chi connectivity index (χ1v) is 5.14. The van der Waals surface area contributed by atoms with Crippen molar-refractivity contribution >= 4 is 11.6 Å². The van der Waals surface area contributed by atoms with Crippen LogP contribution in [0.4, 0.5) is 5.82 Å². The lowest BCUT2D eigenvalue weighted by atomic mass is 10.2. The molecule has 0 aliphatic heterocycles. The molecule has 0 bridgehead atoms. The van der Waals surface area contributed by atoms with Gasteiger partial charge in [0.25, 0.3) is 5.78 Å². The molecule has 0 radical (unpaired) electrons. The van der Waals surface area contributed by atoms with Gasteiger partial charge < -0.3 is 5.32 Å². The largest absolute Gasteiger partial charge is 0.356 e. The van der Waals surface area contributed by atoms with E-state index >= 15 is 0 Å². The highest BCUT2D eigenvalue weighted by atomic mass is 15.4. The third-order valence-corrected chi connectivity index (χ3v) is 2.31. The number of hydrogen-bond donors (Lipinski definition) is 1. The zero-order valence-corrected chi connectivity index (χ0v) is 9.31. The topological polar surface area (TPSA) is 55.1 Å². The van der Waals surface area contributed by atoms with Gasteiger partial charge in [-0.05, 0) is 13.3 Å². The minimum atomic E-state index is -0.00537. The average Bonchev–Trinajstić information content (AvgIpc) is 2.73. The maximum absolute atomic E-state index is 5.42. The Labute approximate surface area is 93.9 Å². The first-order chi connectivity index (χ1) is 7.74. The van der Waals surface area contributed by atoms with Crippen LogP contribution in [0.3, 0.4) is 0 Å². The van der Waals surface area contributed by atoms with Crippen molar-refractivity contribution in [2.24, 2.45) is 0 Å². The van der Waals surface area contributed by atoms with Crippen molar-refractivity contribution in [2.75, 3.05) is 5.32 Å². The van der Waals surface area contributed by atoms with Crippen molar-refractivity contribution in [3.8, 4) is 12.3 Å². The van der Waals surface area contributed by atoms with Crippen molar-refractivity contribution in [2.45, 2.75) is 26.3 Å². The Balaban J connectivity index is 2.43. The van der Waals surface area contributed by atoms with Crippen LogP contribution in [0.5, 0.6) is 0 Å². The summed E-state index contributed by atoms with van der Waals surface area (Å²) >= 11 is 0. The smallest absolute Gasteiger partial charge is 0.254 e. The lowest BCUT2D eigenvalue weighted by Gasteiger charge is -2.13. The van der Waals surface area contributed by atoms with Crippen molar-refractivity contribution < 1.29 is 0 Å². The summed E-state index contributed by atoms with van der Waals surface area (Å²) in [6.07, 6.45) is 7.75. The molecule has 2 aromatic rings. The van der Waals surface area contributed by atoms with E-state index in [-0.39, 0.29) is 6.04 Å². The molecule has 0 aliphatic carbocycles. The number of aromatic nitrogens is 4. The predicted octanol–water partition coefficient (Wildman–Crippen LogP) is 1.26. The second-order valence-corrected chi connectivity index (χ2v) is 3.53. The van der Waals surface area contributed by atoms with Crippen LogP contribution in [0, 0.1) is 19.3 Å². The molecule has 1 N–H and O–H groups in total. The molecule has 0 spiro atoms. The zero-order valence-electron chi connectivity index (χ0n) is 9.31. The fourth-order valence-electron chi connectivity index (χ4n) is 1.47. The Kier molecular flexibility index (Phi) is 2.73. The third-order valence-electron chi connectivity index (χ3n) is 2.31. The molecule has 5 nitrogen and oxygen atoms in total. The summed E-state index contributed by atoms with van der Waals surface area (Å²) in [5, 5.41) is 7.33. The molecule has 1 atom stereocenters. The standard InChI is InChI=1S/C11H13N5/c1-4-9(5-2)15-10-6-8(3)14-11-12-7-13-16(10)11/h1,6-7,9,15H,5H2,2-3H3. The van der Waals surface area contributed by atoms with Crippen LogP contribution >= 0.6 is 0 Å². The van der Waals surface area contributed by atoms with E-state index in [0.29, 0.717) is 5.78 Å². The van der Waals surface area contributed by atoms with Crippen LogP contribution in [-0.2, 0) is 0 Å². The number of nitrogens with zero attached hydrogens (tertiary/aromatic N) is 4. The summed E-state index contributed by atoms with van der Waals surface area (Å²) < 4.78 is 1.65. The Morgan fingerprint density at radius 2 is 2.44 bits per heavy atom. The molecule has 2 rings (SSSR count). The summed E-state index contributed by atoms with van der Waals surface area (Å²) in [6, 6.07) is 1.90. The van der Waals surface area contributed by atoms with Crippen LogP contribution in [0.1, 0.15) is 19.0 Å². The van der Waals surface area contributed by atoms with Gasteiger partial charge in [0.2, 0.25) is 0 Å². The molecule has 2 aromatic heterocycles. The maximum Gasteiger partial charge on any atom is 0.254 e. The summed E-state index contributed by atoms with van der Waals surface area (Å²) in [5.74, 6) is 4.09. The predicted molar refractivity (Wildman–Crippen MR) is 62.1 cm³/mol. The molecule has 0 aliphatic rings. The second kappa shape index (κ2) is 4.19. The minimum Gasteiger partial charge on any atom is -0.356 e. The highest BCUT2D eigenvalue weighted by molar-refractivity contribution is 5.46. The molecule has 1 unspecified atom stereocenters. The fraction of sp³-hybridized carbons (Fsp3) is 0.364. The van der Waals surface area contributed by atoms with Crippen LogP contribution < -0.4 is 5.32 Å². The number of fused-ring (bicyclic) bond motifs is 1. The molecule has 0 saturated carbocycles. The van der Waals surface area contributed by atoms with E-state index in [9.17, 15) is 0 Å². The van der Waals surface area contributed by atoms with Gasteiger partial charge in [0, 0.05) is 11.8 Å². The van der Waals surface area contributed by atoms with Crippen molar-refractivity contribution in [1.82, 2.24) is 19.6 Å². The van der Waals surface area contributed by atoms with Crippen LogP contribution in [0.25, 0.3) is 5.78 Å². The summed E-state index contributed by atoms with van der Waals surface area (Å²) in [7, 11) is 0. The van der Waals surface area contributed by atoms with Gasteiger partial charge in [0.1, 0.15) is 12.1 Å². The third kappa shape index (κ3) is 1.82. The Bertz CT molecular complexity index is 537. The van der Waals surface area contributed by atoms with Gasteiger partial charge in [-0.1, -0.05) is 12.8 Å².